The predicted octanol–water partition coefficient (Wildman–Crippen LogP) is -2.96. The number of aromatic nitrogens is 2. The molecule has 1 aromatic heterocycles. The van der Waals surface area contributed by atoms with E-state index in [1.807, 2.05) is 0 Å². The molecule has 0 bridgehead atoms. The van der Waals surface area contributed by atoms with Crippen molar-refractivity contribution >= 4 is 11.9 Å². The molecule has 0 aromatic carbocycles. The Kier molecular flexibility index (Phi) is 5.70. The third-order valence-electron chi connectivity index (χ3n) is 1.34. The first-order valence-corrected chi connectivity index (χ1v) is 3.30. The Hall–Kier alpha value is -2.13. The van der Waals surface area contributed by atoms with Gasteiger partial charge in [-0.25, -0.2) is 0 Å². The van der Waals surface area contributed by atoms with Crippen LogP contribution < -0.4 is 11.3 Å². The molecule has 1 aromatic rings. The van der Waals surface area contributed by atoms with E-state index in [-0.39, 0.29) is 22.5 Å². The van der Waals surface area contributed by atoms with Crippen LogP contribution in [0, 0.1) is 0 Å². The fourth-order valence-corrected chi connectivity index (χ4v) is 0.813. The standard InChI is InChI=1S/C6H7N3O4.2H2O/c7-6-8-4(12)2(1-3(10)11)5(13)9-6;;/h1H2,(H,10,11)(H4,7,8,9,12,13);2*1H2. The van der Waals surface area contributed by atoms with Gasteiger partial charge in [-0.1, -0.05) is 0 Å². The van der Waals surface area contributed by atoms with Gasteiger partial charge < -0.3 is 26.9 Å². The summed E-state index contributed by atoms with van der Waals surface area (Å²) in [6, 6.07) is 0. The van der Waals surface area contributed by atoms with Crippen LogP contribution in [0.2, 0.25) is 0 Å². The number of hydrogen-bond donors (Lipinski definition) is 4. The lowest BCUT2D eigenvalue weighted by Gasteiger charge is -1.99. The summed E-state index contributed by atoms with van der Waals surface area (Å²) >= 11 is 0. The quantitative estimate of drug-likeness (QED) is 0.411. The number of nitrogens with one attached hydrogen (secondary N) is 1. The predicted molar refractivity (Wildman–Crippen MR) is 49.5 cm³/mol. The SMILES string of the molecule is Nc1nc(O)c(CC(=O)O)c(=O)[nH]1.O.O. The van der Waals surface area contributed by atoms with Gasteiger partial charge in [0.15, 0.2) is 0 Å². The highest BCUT2D eigenvalue weighted by molar-refractivity contribution is 5.70. The monoisotopic (exact) mass is 221 g/mol. The highest BCUT2D eigenvalue weighted by Crippen LogP contribution is 2.09. The molecule has 9 heteroatoms. The molecule has 0 aliphatic carbocycles. The second kappa shape index (κ2) is 5.57. The number of aliphatic carboxylic acids is 1. The average Bonchev–Trinajstić information content (AvgIpc) is 1.96. The Bertz CT molecular complexity index is 400. The molecule has 0 fully saturated rings. The van der Waals surface area contributed by atoms with Crippen LogP contribution in [0.5, 0.6) is 5.88 Å². The van der Waals surface area contributed by atoms with Crippen molar-refractivity contribution in [2.75, 3.05) is 5.73 Å². The lowest BCUT2D eigenvalue weighted by atomic mass is 10.2. The molecular weight excluding hydrogens is 210 g/mol. The molecule has 9 nitrogen and oxygen atoms in total. The van der Waals surface area contributed by atoms with Gasteiger partial charge >= 0.3 is 5.97 Å². The minimum absolute atomic E-state index is 0. The maximum Gasteiger partial charge on any atom is 0.308 e. The number of carbonyl (C=O) groups is 1. The lowest BCUT2D eigenvalue weighted by Crippen LogP contribution is -2.18. The molecule has 0 aliphatic heterocycles. The Morgan fingerprint density at radius 3 is 2.40 bits per heavy atom. The van der Waals surface area contributed by atoms with Crippen molar-refractivity contribution in [2.45, 2.75) is 6.42 Å². The van der Waals surface area contributed by atoms with Gasteiger partial charge in [-0.05, 0) is 0 Å². The van der Waals surface area contributed by atoms with Crippen LogP contribution >= 0.6 is 0 Å². The van der Waals surface area contributed by atoms with Gasteiger partial charge in [-0.2, -0.15) is 4.98 Å². The van der Waals surface area contributed by atoms with Gasteiger partial charge in [0.05, 0.1) is 12.0 Å². The molecule has 0 spiro atoms. The smallest absolute Gasteiger partial charge is 0.308 e. The van der Waals surface area contributed by atoms with E-state index in [0.717, 1.165) is 0 Å². The van der Waals surface area contributed by atoms with E-state index in [4.69, 9.17) is 15.9 Å². The second-order valence-electron chi connectivity index (χ2n) is 2.32. The van der Waals surface area contributed by atoms with Crippen molar-refractivity contribution in [3.63, 3.8) is 0 Å². The van der Waals surface area contributed by atoms with Crippen LogP contribution in [0.1, 0.15) is 5.56 Å². The highest BCUT2D eigenvalue weighted by atomic mass is 16.4. The van der Waals surface area contributed by atoms with Crippen LogP contribution in [0.3, 0.4) is 0 Å². The molecule has 0 radical (unpaired) electrons. The molecule has 1 rings (SSSR count). The third kappa shape index (κ3) is 3.62. The molecule has 0 saturated heterocycles. The topological polar surface area (TPSA) is 192 Å². The summed E-state index contributed by atoms with van der Waals surface area (Å²) in [5, 5.41) is 17.4. The normalized spacial score (nSPS) is 8.53. The number of H-pyrrole nitrogens is 1. The fourth-order valence-electron chi connectivity index (χ4n) is 0.813. The largest absolute Gasteiger partial charge is 0.493 e. The molecule has 1 heterocycles. The van der Waals surface area contributed by atoms with E-state index in [1.54, 1.807) is 0 Å². The zero-order valence-corrected chi connectivity index (χ0v) is 7.44. The zero-order chi connectivity index (χ0) is 10.0. The van der Waals surface area contributed by atoms with Crippen molar-refractivity contribution in [2.24, 2.45) is 0 Å². The second-order valence-corrected chi connectivity index (χ2v) is 2.32. The molecule has 0 aliphatic rings. The average molecular weight is 221 g/mol. The molecule has 0 saturated carbocycles. The molecule has 86 valence electrons. The van der Waals surface area contributed by atoms with Crippen LogP contribution in [0.25, 0.3) is 0 Å². The number of anilines is 1. The number of nitrogens with two attached hydrogens (primary N) is 1. The van der Waals surface area contributed by atoms with Gasteiger partial charge in [0.1, 0.15) is 0 Å². The summed E-state index contributed by atoms with van der Waals surface area (Å²) in [7, 11) is 0. The molecule has 0 atom stereocenters. The van der Waals surface area contributed by atoms with Crippen LogP contribution in [-0.4, -0.2) is 37.1 Å². The van der Waals surface area contributed by atoms with E-state index < -0.39 is 23.8 Å². The minimum Gasteiger partial charge on any atom is -0.493 e. The van der Waals surface area contributed by atoms with Crippen LogP contribution in [-0.2, 0) is 11.2 Å². The summed E-state index contributed by atoms with van der Waals surface area (Å²) in [6.07, 6.45) is -0.589. The first-order chi connectivity index (χ1) is 6.00. The van der Waals surface area contributed by atoms with Crippen molar-refractivity contribution in [3.8, 4) is 5.88 Å². The Morgan fingerprint density at radius 2 is 2.00 bits per heavy atom. The number of carboxylic acids is 1. The molecule has 0 unspecified atom stereocenters. The highest BCUT2D eigenvalue weighted by Gasteiger charge is 2.12. The molecule has 15 heavy (non-hydrogen) atoms. The van der Waals surface area contributed by atoms with Crippen molar-refractivity contribution in [1.29, 1.82) is 0 Å². The summed E-state index contributed by atoms with van der Waals surface area (Å²) in [5.74, 6) is -2.13. The van der Waals surface area contributed by atoms with Gasteiger partial charge in [0.25, 0.3) is 5.56 Å². The van der Waals surface area contributed by atoms with Gasteiger partial charge in [-0.3, -0.25) is 14.6 Å². The summed E-state index contributed by atoms with van der Waals surface area (Å²) in [5.41, 5.74) is 4.04. The molecule has 0 amide bonds. The number of rotatable bonds is 2. The minimum atomic E-state index is -1.23. The number of aromatic amines is 1. The van der Waals surface area contributed by atoms with Crippen LogP contribution in [0.15, 0.2) is 4.79 Å². The van der Waals surface area contributed by atoms with Gasteiger partial charge in [-0.15, -0.1) is 0 Å². The maximum atomic E-state index is 11.0. The summed E-state index contributed by atoms with van der Waals surface area (Å²) in [6.45, 7) is 0. The summed E-state index contributed by atoms with van der Waals surface area (Å²) < 4.78 is 0. The Morgan fingerprint density at radius 1 is 1.47 bits per heavy atom. The number of nitrogens with zero attached hydrogens (tertiary/aromatic N) is 1. The van der Waals surface area contributed by atoms with Crippen molar-refractivity contribution in [3.05, 3.63) is 15.9 Å². The first kappa shape index (κ1) is 15.3. The van der Waals surface area contributed by atoms with E-state index in [0.29, 0.717) is 0 Å². The van der Waals surface area contributed by atoms with Gasteiger partial charge in [0.2, 0.25) is 11.8 Å². The molecule has 9 N–H and O–H groups in total. The van der Waals surface area contributed by atoms with E-state index in [2.05, 4.69) is 9.97 Å². The van der Waals surface area contributed by atoms with E-state index in [9.17, 15) is 9.59 Å². The number of carboxylic acid groups (broad SMARTS) is 1. The Labute approximate surface area is 82.8 Å². The van der Waals surface area contributed by atoms with Gasteiger partial charge in [0, 0.05) is 0 Å². The number of nitrogen functional groups attached to an aromatic ring is 1. The first-order valence-electron chi connectivity index (χ1n) is 3.30. The zero-order valence-electron chi connectivity index (χ0n) is 7.44. The van der Waals surface area contributed by atoms with Crippen molar-refractivity contribution < 1.29 is 26.0 Å². The number of aromatic hydroxyl groups is 1. The number of hydrogen-bond acceptors (Lipinski definition) is 5. The van der Waals surface area contributed by atoms with Crippen LogP contribution in [0.4, 0.5) is 5.95 Å². The third-order valence-corrected chi connectivity index (χ3v) is 1.34. The lowest BCUT2D eigenvalue weighted by molar-refractivity contribution is -0.136. The fraction of sp³-hybridized carbons (Fsp3) is 0.167. The maximum absolute atomic E-state index is 11.0. The van der Waals surface area contributed by atoms with E-state index >= 15 is 0 Å². The summed E-state index contributed by atoms with van der Waals surface area (Å²) in [4.78, 5) is 26.6. The molecular formula is C6H11N3O6. The van der Waals surface area contributed by atoms with Crippen molar-refractivity contribution in [1.82, 2.24) is 9.97 Å². The Balaban J connectivity index is 0. The van der Waals surface area contributed by atoms with E-state index in [1.165, 1.54) is 0 Å².